The second-order valence-electron chi connectivity index (χ2n) is 6.62. The zero-order valence-electron chi connectivity index (χ0n) is 15.2. The number of nitrogens with zero attached hydrogens (tertiary/aromatic N) is 3. The van der Waals surface area contributed by atoms with Gasteiger partial charge in [-0.3, -0.25) is 9.69 Å². The Kier molecular flexibility index (Phi) is 6.29. The van der Waals surface area contributed by atoms with E-state index in [0.717, 1.165) is 10.6 Å². The van der Waals surface area contributed by atoms with Crippen molar-refractivity contribution in [2.24, 2.45) is 0 Å². The van der Waals surface area contributed by atoms with Crippen LogP contribution in [0.1, 0.15) is 35.8 Å². The molecule has 0 saturated carbocycles. The van der Waals surface area contributed by atoms with E-state index in [2.05, 4.69) is 23.7 Å². The molecule has 0 bridgehead atoms. The predicted molar refractivity (Wildman–Crippen MR) is 99.1 cm³/mol. The number of amides is 1. The van der Waals surface area contributed by atoms with Gasteiger partial charge in [0.05, 0.1) is 19.8 Å². The van der Waals surface area contributed by atoms with Crippen LogP contribution in [0.5, 0.6) is 0 Å². The van der Waals surface area contributed by atoms with E-state index < -0.39 is 0 Å². The van der Waals surface area contributed by atoms with Gasteiger partial charge in [-0.25, -0.2) is 4.98 Å². The van der Waals surface area contributed by atoms with E-state index in [4.69, 9.17) is 20.8 Å². The molecule has 0 N–H and O–H groups in total. The van der Waals surface area contributed by atoms with Crippen molar-refractivity contribution < 1.29 is 13.9 Å². The highest BCUT2D eigenvalue weighted by Crippen LogP contribution is 2.20. The normalized spacial score (nSPS) is 15.0. The summed E-state index contributed by atoms with van der Waals surface area (Å²) in [6, 6.07) is 8.07. The van der Waals surface area contributed by atoms with Crippen LogP contribution < -0.4 is 0 Å². The molecule has 2 heterocycles. The number of hydrogen-bond donors (Lipinski definition) is 0. The van der Waals surface area contributed by atoms with Gasteiger partial charge in [0, 0.05) is 30.7 Å². The van der Waals surface area contributed by atoms with Crippen LogP contribution in [0.3, 0.4) is 0 Å². The summed E-state index contributed by atoms with van der Waals surface area (Å²) in [6.07, 6.45) is 1.45. The molecule has 0 aliphatic carbocycles. The van der Waals surface area contributed by atoms with Gasteiger partial charge in [0.15, 0.2) is 5.69 Å². The smallest absolute Gasteiger partial charge is 0.275 e. The number of halogens is 1. The van der Waals surface area contributed by atoms with E-state index in [-0.39, 0.29) is 11.9 Å². The van der Waals surface area contributed by atoms with Crippen LogP contribution in [-0.2, 0) is 17.8 Å². The molecule has 1 aromatic heterocycles. The molecular weight excluding hydrogens is 354 g/mol. The third kappa shape index (κ3) is 4.63. The Morgan fingerprint density at radius 1 is 1.27 bits per heavy atom. The topological polar surface area (TPSA) is 58.8 Å². The van der Waals surface area contributed by atoms with Gasteiger partial charge in [0.2, 0.25) is 5.89 Å². The molecule has 140 valence electrons. The molecule has 1 aliphatic heterocycles. The first kappa shape index (κ1) is 18.9. The second-order valence-corrected chi connectivity index (χ2v) is 7.03. The lowest BCUT2D eigenvalue weighted by atomic mass is 10.2. The Bertz CT molecular complexity index is 741. The number of oxazole rings is 1. The van der Waals surface area contributed by atoms with Crippen LogP contribution >= 0.6 is 11.6 Å². The Morgan fingerprint density at radius 2 is 2.00 bits per heavy atom. The highest BCUT2D eigenvalue weighted by molar-refractivity contribution is 6.31. The monoisotopic (exact) mass is 377 g/mol. The maximum Gasteiger partial charge on any atom is 0.275 e. The zero-order chi connectivity index (χ0) is 18.5. The average Bonchev–Trinajstić information content (AvgIpc) is 3.11. The molecule has 2 aromatic rings. The average molecular weight is 378 g/mol. The Balaban J connectivity index is 1.67. The number of benzene rings is 1. The first-order valence-corrected chi connectivity index (χ1v) is 9.21. The minimum Gasteiger partial charge on any atom is -0.447 e. The fourth-order valence-corrected chi connectivity index (χ4v) is 3.05. The molecule has 0 radical (unpaired) electrons. The Morgan fingerprint density at radius 3 is 2.69 bits per heavy atom. The minimum atomic E-state index is -0.106. The Labute approximate surface area is 158 Å². The first-order valence-electron chi connectivity index (χ1n) is 8.83. The van der Waals surface area contributed by atoms with E-state index in [1.807, 2.05) is 24.3 Å². The summed E-state index contributed by atoms with van der Waals surface area (Å²) in [4.78, 5) is 20.8. The summed E-state index contributed by atoms with van der Waals surface area (Å²) in [5.41, 5.74) is 1.40. The highest BCUT2D eigenvalue weighted by atomic mass is 35.5. The molecule has 0 unspecified atom stereocenters. The van der Waals surface area contributed by atoms with E-state index in [1.165, 1.54) is 6.26 Å². The number of rotatable bonds is 6. The van der Waals surface area contributed by atoms with Gasteiger partial charge in [0.1, 0.15) is 6.26 Å². The fourth-order valence-electron chi connectivity index (χ4n) is 2.85. The molecule has 0 atom stereocenters. The number of carbonyl (C=O) groups excluding carboxylic acids is 1. The van der Waals surface area contributed by atoms with Crippen molar-refractivity contribution in [1.82, 2.24) is 14.8 Å². The number of ether oxygens (including phenoxy) is 1. The van der Waals surface area contributed by atoms with Crippen molar-refractivity contribution in [2.45, 2.75) is 33.0 Å². The van der Waals surface area contributed by atoms with Crippen molar-refractivity contribution in [1.29, 1.82) is 0 Å². The van der Waals surface area contributed by atoms with E-state index >= 15 is 0 Å². The second kappa shape index (κ2) is 8.66. The molecule has 1 aromatic carbocycles. The maximum atomic E-state index is 12.5. The molecule has 1 saturated heterocycles. The lowest BCUT2D eigenvalue weighted by Gasteiger charge is -2.26. The maximum absolute atomic E-state index is 12.5. The summed E-state index contributed by atoms with van der Waals surface area (Å²) in [5, 5.41) is 0.744. The van der Waals surface area contributed by atoms with Crippen molar-refractivity contribution in [3.63, 3.8) is 0 Å². The zero-order valence-corrected chi connectivity index (χ0v) is 15.9. The van der Waals surface area contributed by atoms with Crippen LogP contribution in [0.25, 0.3) is 0 Å². The van der Waals surface area contributed by atoms with Gasteiger partial charge in [-0.05, 0) is 25.5 Å². The van der Waals surface area contributed by atoms with Crippen molar-refractivity contribution in [2.75, 3.05) is 26.3 Å². The molecule has 7 heteroatoms. The van der Waals surface area contributed by atoms with Crippen LogP contribution in [0.4, 0.5) is 0 Å². The number of aromatic nitrogens is 1. The van der Waals surface area contributed by atoms with Crippen molar-refractivity contribution in [3.8, 4) is 0 Å². The summed E-state index contributed by atoms with van der Waals surface area (Å²) in [7, 11) is 0. The van der Waals surface area contributed by atoms with E-state index in [1.54, 1.807) is 4.90 Å². The number of carbonyl (C=O) groups is 1. The van der Waals surface area contributed by atoms with E-state index in [0.29, 0.717) is 51.0 Å². The Hall–Kier alpha value is -1.89. The van der Waals surface area contributed by atoms with Gasteiger partial charge >= 0.3 is 0 Å². The predicted octanol–water partition coefficient (Wildman–Crippen LogP) is 3.21. The molecule has 3 rings (SSSR count). The summed E-state index contributed by atoms with van der Waals surface area (Å²) in [6.45, 7) is 7.73. The largest absolute Gasteiger partial charge is 0.447 e. The lowest BCUT2D eigenvalue weighted by molar-refractivity contribution is 0.0299. The van der Waals surface area contributed by atoms with Crippen molar-refractivity contribution in [3.05, 3.63) is 52.7 Å². The third-order valence-electron chi connectivity index (χ3n) is 4.47. The van der Waals surface area contributed by atoms with Crippen LogP contribution in [0.2, 0.25) is 5.02 Å². The SMILES string of the molecule is CC(C)N(Cc1nc(C(=O)N2CCOCC2)co1)Cc1ccccc1Cl. The molecule has 1 aliphatic rings. The van der Waals surface area contributed by atoms with Gasteiger partial charge in [-0.1, -0.05) is 29.8 Å². The quantitative estimate of drug-likeness (QED) is 0.773. The molecule has 6 nitrogen and oxygen atoms in total. The van der Waals surface area contributed by atoms with Gasteiger partial charge < -0.3 is 14.1 Å². The van der Waals surface area contributed by atoms with Crippen LogP contribution in [0.15, 0.2) is 34.9 Å². The standard InChI is InChI=1S/C19H24ClN3O3/c1-14(2)23(11-15-5-3-4-6-16(15)20)12-18-21-17(13-26-18)19(24)22-7-9-25-10-8-22/h3-6,13-14H,7-12H2,1-2H3. The molecular formula is C19H24ClN3O3. The number of hydrogen-bond acceptors (Lipinski definition) is 5. The highest BCUT2D eigenvalue weighted by Gasteiger charge is 2.23. The molecule has 1 fully saturated rings. The molecule has 26 heavy (non-hydrogen) atoms. The van der Waals surface area contributed by atoms with Gasteiger partial charge in [0.25, 0.3) is 5.91 Å². The van der Waals surface area contributed by atoms with Gasteiger partial charge in [-0.15, -0.1) is 0 Å². The van der Waals surface area contributed by atoms with E-state index in [9.17, 15) is 4.79 Å². The fraction of sp³-hybridized carbons (Fsp3) is 0.474. The number of morpholine rings is 1. The third-order valence-corrected chi connectivity index (χ3v) is 4.84. The summed E-state index contributed by atoms with van der Waals surface area (Å²) < 4.78 is 10.8. The van der Waals surface area contributed by atoms with Crippen LogP contribution in [-0.4, -0.2) is 53.0 Å². The minimum absolute atomic E-state index is 0.106. The lowest BCUT2D eigenvalue weighted by Crippen LogP contribution is -2.40. The molecule has 0 spiro atoms. The van der Waals surface area contributed by atoms with Gasteiger partial charge in [-0.2, -0.15) is 0 Å². The van der Waals surface area contributed by atoms with Crippen LogP contribution in [0, 0.1) is 0 Å². The first-order chi connectivity index (χ1) is 12.5. The summed E-state index contributed by atoms with van der Waals surface area (Å²) >= 11 is 6.28. The summed E-state index contributed by atoms with van der Waals surface area (Å²) in [5.74, 6) is 0.424. The molecule has 1 amide bonds. The van der Waals surface area contributed by atoms with Crippen molar-refractivity contribution >= 4 is 17.5 Å².